The molecule has 1 unspecified atom stereocenters. The van der Waals surface area contributed by atoms with Crippen molar-refractivity contribution < 1.29 is 14.3 Å². The van der Waals surface area contributed by atoms with Gasteiger partial charge in [-0.3, -0.25) is 4.79 Å². The van der Waals surface area contributed by atoms with E-state index in [1.807, 2.05) is 6.92 Å². The van der Waals surface area contributed by atoms with Gasteiger partial charge in [-0.25, -0.2) is 0 Å². The van der Waals surface area contributed by atoms with E-state index in [1.165, 1.54) is 11.1 Å². The quantitative estimate of drug-likeness (QED) is 0.786. The van der Waals surface area contributed by atoms with Crippen LogP contribution in [0.2, 0.25) is 0 Å². The highest BCUT2D eigenvalue weighted by atomic mass is 32.2. The largest absolute Gasteiger partial charge is 0.497 e. The number of nitrogens with one attached hydrogen (secondary N) is 1. The summed E-state index contributed by atoms with van der Waals surface area (Å²) >= 11 is 1.55. The van der Waals surface area contributed by atoms with E-state index in [9.17, 15) is 4.79 Å². The molecule has 0 spiro atoms. The van der Waals surface area contributed by atoms with Gasteiger partial charge in [0.2, 0.25) is 5.91 Å². The van der Waals surface area contributed by atoms with Crippen LogP contribution in [0.1, 0.15) is 18.1 Å². The van der Waals surface area contributed by atoms with Crippen molar-refractivity contribution in [3.63, 3.8) is 0 Å². The molecule has 1 N–H and O–H groups in total. The van der Waals surface area contributed by atoms with Crippen LogP contribution in [0.25, 0.3) is 0 Å². The minimum atomic E-state index is -0.234. The number of benzene rings is 2. The van der Waals surface area contributed by atoms with Crippen molar-refractivity contribution in [2.75, 3.05) is 19.5 Å². The first kappa shape index (κ1) is 18.2. The molecule has 1 atom stereocenters. The van der Waals surface area contributed by atoms with Gasteiger partial charge in [-0.2, -0.15) is 0 Å². The summed E-state index contributed by atoms with van der Waals surface area (Å²) in [5.74, 6) is 1.19. The highest BCUT2D eigenvalue weighted by Crippen LogP contribution is 2.31. The summed E-state index contributed by atoms with van der Waals surface area (Å²) < 4.78 is 10.5. The van der Waals surface area contributed by atoms with E-state index < -0.39 is 0 Å². The van der Waals surface area contributed by atoms with Crippen LogP contribution in [0.15, 0.2) is 41.3 Å². The Morgan fingerprint density at radius 2 is 1.83 bits per heavy atom. The van der Waals surface area contributed by atoms with Crippen LogP contribution in [-0.2, 0) is 4.79 Å². The second-order valence-corrected chi connectivity index (χ2v) is 6.97. The number of hydrogen-bond donors (Lipinski definition) is 1. The van der Waals surface area contributed by atoms with E-state index in [-0.39, 0.29) is 11.2 Å². The summed E-state index contributed by atoms with van der Waals surface area (Å²) in [6, 6.07) is 11.6. The molecule has 24 heavy (non-hydrogen) atoms. The molecule has 2 rings (SSSR count). The molecule has 2 aromatic carbocycles. The Kier molecular flexibility index (Phi) is 6.15. The fourth-order valence-corrected chi connectivity index (χ4v) is 3.26. The summed E-state index contributed by atoms with van der Waals surface area (Å²) in [6.45, 7) is 6.02. The number of carbonyl (C=O) groups is 1. The molecule has 1 amide bonds. The molecule has 0 radical (unpaired) electrons. The Hall–Kier alpha value is -2.14. The molecule has 0 aliphatic rings. The third kappa shape index (κ3) is 4.45. The van der Waals surface area contributed by atoms with Crippen LogP contribution in [0.5, 0.6) is 11.5 Å². The Balaban J connectivity index is 2.11. The first-order chi connectivity index (χ1) is 11.4. The van der Waals surface area contributed by atoms with Crippen molar-refractivity contribution in [1.29, 1.82) is 0 Å². The number of rotatable bonds is 6. The van der Waals surface area contributed by atoms with Gasteiger partial charge in [0.15, 0.2) is 0 Å². The Morgan fingerprint density at radius 1 is 1.08 bits per heavy atom. The maximum Gasteiger partial charge on any atom is 0.237 e. The number of amides is 1. The summed E-state index contributed by atoms with van der Waals surface area (Å²) in [5.41, 5.74) is 3.00. The van der Waals surface area contributed by atoms with Crippen molar-refractivity contribution in [3.8, 4) is 11.5 Å². The maximum absolute atomic E-state index is 12.5. The molecule has 128 valence electrons. The molecule has 0 aromatic heterocycles. The smallest absolute Gasteiger partial charge is 0.237 e. The number of anilines is 1. The Morgan fingerprint density at radius 3 is 2.46 bits per heavy atom. The highest BCUT2D eigenvalue weighted by molar-refractivity contribution is 8.00. The zero-order valence-electron chi connectivity index (χ0n) is 14.7. The topological polar surface area (TPSA) is 47.6 Å². The van der Waals surface area contributed by atoms with Gasteiger partial charge in [0.1, 0.15) is 11.5 Å². The molecule has 0 bridgehead atoms. The fraction of sp³-hybridized carbons (Fsp3) is 0.316. The lowest BCUT2D eigenvalue weighted by molar-refractivity contribution is -0.115. The summed E-state index contributed by atoms with van der Waals surface area (Å²) in [4.78, 5) is 13.6. The molecule has 0 aliphatic carbocycles. The maximum atomic E-state index is 12.5. The van der Waals surface area contributed by atoms with E-state index in [2.05, 4.69) is 37.4 Å². The second-order valence-electron chi connectivity index (χ2n) is 5.58. The number of ether oxygens (including phenoxy) is 2. The van der Waals surface area contributed by atoms with Crippen LogP contribution in [0, 0.1) is 13.8 Å². The fourth-order valence-electron chi connectivity index (χ4n) is 2.32. The average molecular weight is 345 g/mol. The molecule has 0 saturated carbocycles. The number of aryl methyl sites for hydroxylation is 2. The third-order valence-corrected chi connectivity index (χ3v) is 4.95. The van der Waals surface area contributed by atoms with Gasteiger partial charge in [0.25, 0.3) is 0 Å². The summed E-state index contributed by atoms with van der Waals surface area (Å²) in [6.07, 6.45) is 0. The normalized spacial score (nSPS) is 11.7. The first-order valence-electron chi connectivity index (χ1n) is 7.71. The molecule has 0 heterocycles. The minimum Gasteiger partial charge on any atom is -0.497 e. The van der Waals surface area contributed by atoms with Crippen LogP contribution >= 0.6 is 11.8 Å². The predicted octanol–water partition coefficient (Wildman–Crippen LogP) is 4.44. The number of thioether (sulfide) groups is 1. The lowest BCUT2D eigenvalue weighted by Gasteiger charge is -2.16. The summed E-state index contributed by atoms with van der Waals surface area (Å²) in [5, 5.41) is 2.69. The molecule has 0 saturated heterocycles. The second kappa shape index (κ2) is 8.11. The Bertz CT molecular complexity index is 731. The van der Waals surface area contributed by atoms with Crippen LogP contribution in [0.4, 0.5) is 5.69 Å². The van der Waals surface area contributed by atoms with E-state index in [0.717, 1.165) is 4.90 Å². The molecular formula is C19H23NO3S. The van der Waals surface area contributed by atoms with Crippen molar-refractivity contribution in [3.05, 3.63) is 47.5 Å². The van der Waals surface area contributed by atoms with Crippen LogP contribution in [0.3, 0.4) is 0 Å². The minimum absolute atomic E-state index is 0.0773. The van der Waals surface area contributed by atoms with Crippen molar-refractivity contribution >= 4 is 23.4 Å². The monoisotopic (exact) mass is 345 g/mol. The zero-order chi connectivity index (χ0) is 17.7. The number of methoxy groups -OCH3 is 2. The van der Waals surface area contributed by atoms with E-state index in [0.29, 0.717) is 17.2 Å². The first-order valence-corrected chi connectivity index (χ1v) is 8.59. The highest BCUT2D eigenvalue weighted by Gasteiger charge is 2.17. The Labute approximate surface area is 147 Å². The molecule has 2 aromatic rings. The molecule has 0 aliphatic heterocycles. The van der Waals surface area contributed by atoms with Gasteiger partial charge in [0, 0.05) is 11.0 Å². The van der Waals surface area contributed by atoms with Gasteiger partial charge in [0.05, 0.1) is 25.2 Å². The average Bonchev–Trinajstić information content (AvgIpc) is 2.57. The summed E-state index contributed by atoms with van der Waals surface area (Å²) in [7, 11) is 3.16. The van der Waals surface area contributed by atoms with Gasteiger partial charge in [-0.15, -0.1) is 11.8 Å². The predicted molar refractivity (Wildman–Crippen MR) is 99.4 cm³/mol. The van der Waals surface area contributed by atoms with Crippen LogP contribution < -0.4 is 14.8 Å². The van der Waals surface area contributed by atoms with Gasteiger partial charge in [-0.1, -0.05) is 17.7 Å². The number of carbonyl (C=O) groups excluding carboxylic acids is 1. The molecular weight excluding hydrogens is 322 g/mol. The lowest BCUT2D eigenvalue weighted by atomic mass is 10.2. The van der Waals surface area contributed by atoms with Gasteiger partial charge >= 0.3 is 0 Å². The van der Waals surface area contributed by atoms with Crippen LogP contribution in [-0.4, -0.2) is 25.4 Å². The zero-order valence-corrected chi connectivity index (χ0v) is 15.5. The molecule has 5 heteroatoms. The van der Waals surface area contributed by atoms with E-state index in [4.69, 9.17) is 9.47 Å². The SMILES string of the molecule is COc1ccc(OC)c(NC(=O)C(C)Sc2ccc(C)cc2C)c1. The van der Waals surface area contributed by atoms with Crippen molar-refractivity contribution in [2.45, 2.75) is 30.9 Å². The van der Waals surface area contributed by atoms with E-state index in [1.54, 1.807) is 44.2 Å². The van der Waals surface area contributed by atoms with E-state index >= 15 is 0 Å². The number of hydrogen-bond acceptors (Lipinski definition) is 4. The van der Waals surface area contributed by atoms with Crippen molar-refractivity contribution in [2.24, 2.45) is 0 Å². The van der Waals surface area contributed by atoms with Gasteiger partial charge in [-0.05, 0) is 44.5 Å². The van der Waals surface area contributed by atoms with Crippen molar-refractivity contribution in [1.82, 2.24) is 0 Å². The van der Waals surface area contributed by atoms with Gasteiger partial charge < -0.3 is 14.8 Å². The molecule has 4 nitrogen and oxygen atoms in total. The lowest BCUT2D eigenvalue weighted by Crippen LogP contribution is -2.22. The standard InChI is InChI=1S/C19H23NO3S/c1-12-6-9-18(13(2)10-12)24-14(3)19(21)20-16-11-15(22-4)7-8-17(16)23-5/h6-11,14H,1-5H3,(H,20,21). The third-order valence-electron chi connectivity index (χ3n) is 3.67. The molecule has 0 fully saturated rings.